The van der Waals surface area contributed by atoms with Gasteiger partial charge in [0.25, 0.3) is 0 Å². The largest absolute Gasteiger partial charge is 0.370 e. The van der Waals surface area contributed by atoms with E-state index in [-0.39, 0.29) is 5.91 Å². The van der Waals surface area contributed by atoms with E-state index in [4.69, 9.17) is 5.73 Å². The molecule has 0 spiro atoms. The Kier molecular flexibility index (Phi) is 4.51. The Morgan fingerprint density at radius 2 is 2.15 bits per heavy atom. The maximum Gasteiger partial charge on any atom is 0.217 e. The van der Waals surface area contributed by atoms with Gasteiger partial charge in [0.1, 0.15) is 5.82 Å². The summed E-state index contributed by atoms with van der Waals surface area (Å²) in [4.78, 5) is 15.1. The van der Waals surface area contributed by atoms with E-state index in [1.165, 1.54) is 0 Å². The molecule has 1 amide bonds. The number of aromatic nitrogens is 1. The first-order chi connectivity index (χ1) is 9.70. The summed E-state index contributed by atoms with van der Waals surface area (Å²) in [5.74, 6) is 0.403. The summed E-state index contributed by atoms with van der Waals surface area (Å²) in [7, 11) is 0. The molecule has 3 N–H and O–H groups in total. The van der Waals surface area contributed by atoms with Crippen molar-refractivity contribution in [1.29, 1.82) is 5.26 Å². The Hall–Kier alpha value is -2.61. The zero-order valence-corrected chi connectivity index (χ0v) is 11.1. The molecule has 0 aliphatic heterocycles. The second-order valence-electron chi connectivity index (χ2n) is 4.53. The van der Waals surface area contributed by atoms with Crippen LogP contribution in [-0.4, -0.2) is 17.4 Å². The SMILES string of the molecule is N#Cc1cc(NCCCCC(N)=O)nc2ccccc12. The monoisotopic (exact) mass is 268 g/mol. The number of nitriles is 1. The lowest BCUT2D eigenvalue weighted by Crippen LogP contribution is -2.11. The van der Waals surface area contributed by atoms with Crippen LogP contribution in [0.3, 0.4) is 0 Å². The average molecular weight is 268 g/mol. The fourth-order valence-electron chi connectivity index (χ4n) is 2.00. The van der Waals surface area contributed by atoms with Crippen LogP contribution in [0.4, 0.5) is 5.82 Å². The molecule has 1 aromatic heterocycles. The van der Waals surface area contributed by atoms with E-state index in [1.807, 2.05) is 24.3 Å². The molecule has 0 atom stereocenters. The van der Waals surface area contributed by atoms with E-state index in [1.54, 1.807) is 6.07 Å². The predicted molar refractivity (Wildman–Crippen MR) is 78.0 cm³/mol. The highest BCUT2D eigenvalue weighted by atomic mass is 16.1. The topological polar surface area (TPSA) is 91.8 Å². The number of pyridine rings is 1. The third-order valence-corrected chi connectivity index (χ3v) is 2.99. The van der Waals surface area contributed by atoms with Crippen LogP contribution in [0.25, 0.3) is 10.9 Å². The first-order valence-corrected chi connectivity index (χ1v) is 6.53. The molecule has 0 aliphatic carbocycles. The predicted octanol–water partition coefficient (Wildman–Crippen LogP) is 2.17. The van der Waals surface area contributed by atoms with Crippen LogP contribution in [0, 0.1) is 11.3 Å². The Morgan fingerprint density at radius 1 is 1.35 bits per heavy atom. The van der Waals surface area contributed by atoms with E-state index in [2.05, 4.69) is 16.4 Å². The number of carbonyl (C=O) groups excluding carboxylic acids is 1. The van der Waals surface area contributed by atoms with Crippen molar-refractivity contribution in [2.45, 2.75) is 19.3 Å². The summed E-state index contributed by atoms with van der Waals surface area (Å²) < 4.78 is 0. The van der Waals surface area contributed by atoms with Crippen LogP contribution in [0.2, 0.25) is 0 Å². The number of benzene rings is 1. The third kappa shape index (κ3) is 3.45. The van der Waals surface area contributed by atoms with Crippen molar-refractivity contribution in [2.24, 2.45) is 5.73 Å². The third-order valence-electron chi connectivity index (χ3n) is 2.99. The van der Waals surface area contributed by atoms with Crippen LogP contribution >= 0.6 is 0 Å². The van der Waals surface area contributed by atoms with Crippen molar-refractivity contribution in [2.75, 3.05) is 11.9 Å². The first-order valence-electron chi connectivity index (χ1n) is 6.53. The number of nitrogens with two attached hydrogens (primary N) is 1. The number of para-hydroxylation sites is 1. The minimum Gasteiger partial charge on any atom is -0.370 e. The zero-order chi connectivity index (χ0) is 14.4. The molecule has 0 radical (unpaired) electrons. The molecule has 0 bridgehead atoms. The zero-order valence-electron chi connectivity index (χ0n) is 11.1. The highest BCUT2D eigenvalue weighted by Crippen LogP contribution is 2.19. The standard InChI is InChI=1S/C15H16N4O/c16-10-11-9-15(18-8-4-3-7-14(17)20)19-13-6-2-1-5-12(11)13/h1-2,5-6,9H,3-4,7-8H2,(H2,17,20)(H,18,19). The molecule has 2 aromatic rings. The highest BCUT2D eigenvalue weighted by Gasteiger charge is 2.04. The normalized spacial score (nSPS) is 10.2. The molecule has 5 nitrogen and oxygen atoms in total. The lowest BCUT2D eigenvalue weighted by Gasteiger charge is -2.07. The Bertz CT molecular complexity index is 660. The van der Waals surface area contributed by atoms with E-state index < -0.39 is 0 Å². The first kappa shape index (κ1) is 13.8. The molecule has 5 heteroatoms. The number of nitrogens with zero attached hydrogens (tertiary/aromatic N) is 2. The van der Waals surface area contributed by atoms with Crippen LogP contribution in [0.15, 0.2) is 30.3 Å². The van der Waals surface area contributed by atoms with Gasteiger partial charge in [-0.1, -0.05) is 18.2 Å². The number of primary amides is 1. The molecule has 1 aromatic carbocycles. The summed E-state index contributed by atoms with van der Waals surface area (Å²) in [6.07, 6.45) is 1.98. The quantitative estimate of drug-likeness (QED) is 0.785. The van der Waals surface area contributed by atoms with Gasteiger partial charge in [0.05, 0.1) is 17.1 Å². The van der Waals surface area contributed by atoms with E-state index in [0.717, 1.165) is 23.7 Å². The maximum absolute atomic E-state index is 10.6. The molecule has 20 heavy (non-hydrogen) atoms. The Morgan fingerprint density at radius 3 is 2.90 bits per heavy atom. The lowest BCUT2D eigenvalue weighted by atomic mass is 10.1. The van der Waals surface area contributed by atoms with Crippen molar-refractivity contribution in [3.05, 3.63) is 35.9 Å². The number of hydrogen-bond acceptors (Lipinski definition) is 4. The van der Waals surface area contributed by atoms with Crippen LogP contribution < -0.4 is 11.1 Å². The van der Waals surface area contributed by atoms with E-state index in [0.29, 0.717) is 24.3 Å². The molecule has 2 rings (SSSR count). The van der Waals surface area contributed by atoms with E-state index in [9.17, 15) is 10.1 Å². The molecule has 1 heterocycles. The van der Waals surface area contributed by atoms with Crippen molar-refractivity contribution >= 4 is 22.6 Å². The van der Waals surface area contributed by atoms with Crippen LogP contribution in [-0.2, 0) is 4.79 Å². The smallest absolute Gasteiger partial charge is 0.217 e. The summed E-state index contributed by atoms with van der Waals surface area (Å²) in [6.45, 7) is 0.698. The lowest BCUT2D eigenvalue weighted by molar-refractivity contribution is -0.118. The second kappa shape index (κ2) is 6.53. The van der Waals surface area contributed by atoms with Crippen LogP contribution in [0.5, 0.6) is 0 Å². The Balaban J connectivity index is 2.04. The number of hydrogen-bond donors (Lipinski definition) is 2. The van der Waals surface area contributed by atoms with Gasteiger partial charge in [0, 0.05) is 18.4 Å². The van der Waals surface area contributed by atoms with Gasteiger partial charge in [-0.3, -0.25) is 4.79 Å². The number of fused-ring (bicyclic) bond motifs is 1. The van der Waals surface area contributed by atoms with Crippen molar-refractivity contribution in [3.63, 3.8) is 0 Å². The summed E-state index contributed by atoms with van der Waals surface area (Å²) in [5, 5.41) is 13.2. The van der Waals surface area contributed by atoms with Gasteiger partial charge in [0.2, 0.25) is 5.91 Å². The molecule has 0 aliphatic rings. The fourth-order valence-corrected chi connectivity index (χ4v) is 2.00. The summed E-state index contributed by atoms with van der Waals surface area (Å²) in [5.41, 5.74) is 6.48. The molecular weight excluding hydrogens is 252 g/mol. The molecule has 0 unspecified atom stereocenters. The van der Waals surface area contributed by atoms with Crippen molar-refractivity contribution < 1.29 is 4.79 Å². The number of amides is 1. The molecule has 0 fully saturated rings. The van der Waals surface area contributed by atoms with Gasteiger partial charge < -0.3 is 11.1 Å². The number of carbonyl (C=O) groups is 1. The van der Waals surface area contributed by atoms with Gasteiger partial charge in [-0.25, -0.2) is 4.98 Å². The minimum absolute atomic E-state index is 0.277. The number of nitrogens with one attached hydrogen (secondary N) is 1. The van der Waals surface area contributed by atoms with Crippen molar-refractivity contribution in [3.8, 4) is 6.07 Å². The molecule has 0 saturated carbocycles. The summed E-state index contributed by atoms with van der Waals surface area (Å²) in [6, 6.07) is 11.5. The van der Waals surface area contributed by atoms with E-state index >= 15 is 0 Å². The number of rotatable bonds is 6. The highest BCUT2D eigenvalue weighted by molar-refractivity contribution is 5.86. The number of anilines is 1. The van der Waals surface area contributed by atoms with Gasteiger partial charge >= 0.3 is 0 Å². The Labute approximate surface area is 117 Å². The summed E-state index contributed by atoms with van der Waals surface area (Å²) >= 11 is 0. The molecular formula is C15H16N4O. The minimum atomic E-state index is -0.277. The number of unbranched alkanes of at least 4 members (excludes halogenated alkanes) is 1. The van der Waals surface area contributed by atoms with Gasteiger partial charge in [-0.2, -0.15) is 5.26 Å². The molecule has 0 saturated heterocycles. The van der Waals surface area contributed by atoms with Gasteiger partial charge in [-0.05, 0) is 25.0 Å². The fraction of sp³-hybridized carbons (Fsp3) is 0.267. The second-order valence-corrected chi connectivity index (χ2v) is 4.53. The maximum atomic E-state index is 10.6. The average Bonchev–Trinajstić information content (AvgIpc) is 2.45. The van der Waals surface area contributed by atoms with Gasteiger partial charge in [-0.15, -0.1) is 0 Å². The molecule has 102 valence electrons. The van der Waals surface area contributed by atoms with Crippen LogP contribution in [0.1, 0.15) is 24.8 Å². The van der Waals surface area contributed by atoms with Gasteiger partial charge in [0.15, 0.2) is 0 Å². The van der Waals surface area contributed by atoms with Crippen molar-refractivity contribution in [1.82, 2.24) is 4.98 Å².